The van der Waals surface area contributed by atoms with E-state index in [1.165, 1.54) is 270 Å². The van der Waals surface area contributed by atoms with E-state index in [9.17, 15) is 15.0 Å². The van der Waals surface area contributed by atoms with Crippen molar-refractivity contribution in [2.24, 2.45) is 0 Å². The molecule has 0 bridgehead atoms. The van der Waals surface area contributed by atoms with E-state index in [-0.39, 0.29) is 12.5 Å². The normalized spacial score (nSPS) is 13.4. The Balaban J connectivity index is 3.51. The number of hydrogen-bond acceptors (Lipinski definition) is 3. The molecular weight excluding hydrogens is 1050 g/mol. The topological polar surface area (TPSA) is 69.6 Å². The van der Waals surface area contributed by atoms with Crippen molar-refractivity contribution in [3.63, 3.8) is 0 Å². The molecule has 0 aliphatic rings. The van der Waals surface area contributed by atoms with Crippen LogP contribution in [0.25, 0.3) is 0 Å². The van der Waals surface area contributed by atoms with Gasteiger partial charge >= 0.3 is 0 Å². The maximum absolute atomic E-state index is 12.6. The van der Waals surface area contributed by atoms with Crippen LogP contribution in [0, 0.1) is 0 Å². The second-order valence-electron chi connectivity index (χ2n) is 25.3. The first-order valence-electron chi connectivity index (χ1n) is 37.7. The second-order valence-corrected chi connectivity index (χ2v) is 25.3. The van der Waals surface area contributed by atoms with Crippen molar-refractivity contribution in [2.75, 3.05) is 6.61 Å². The van der Waals surface area contributed by atoms with E-state index in [1.807, 2.05) is 6.08 Å². The summed E-state index contributed by atoms with van der Waals surface area (Å²) < 4.78 is 0. The summed E-state index contributed by atoms with van der Waals surface area (Å²) in [5.74, 6) is -0.0755. The van der Waals surface area contributed by atoms with Gasteiger partial charge in [-0.05, 0) is 103 Å². The molecule has 2 unspecified atom stereocenters. The van der Waals surface area contributed by atoms with Crippen LogP contribution < -0.4 is 5.32 Å². The molecule has 4 heteroatoms. The van der Waals surface area contributed by atoms with E-state index >= 15 is 0 Å². The van der Waals surface area contributed by atoms with Crippen molar-refractivity contribution >= 4 is 5.91 Å². The van der Waals surface area contributed by atoms with Crippen molar-refractivity contribution < 1.29 is 15.0 Å². The predicted octanol–water partition coefficient (Wildman–Crippen LogP) is 26.3. The number of carbonyl (C=O) groups excluding carboxylic acids is 1. The van der Waals surface area contributed by atoms with Crippen LogP contribution in [-0.4, -0.2) is 34.9 Å². The molecule has 86 heavy (non-hydrogen) atoms. The number of amides is 1. The van der Waals surface area contributed by atoms with Gasteiger partial charge in [-0.3, -0.25) is 4.79 Å². The number of hydrogen-bond donors (Lipinski definition) is 3. The van der Waals surface area contributed by atoms with Crippen LogP contribution >= 0.6 is 0 Å². The van der Waals surface area contributed by atoms with E-state index in [0.717, 1.165) is 83.5 Å². The van der Waals surface area contributed by atoms with E-state index in [0.29, 0.717) is 6.42 Å². The van der Waals surface area contributed by atoms with Gasteiger partial charge in [0.1, 0.15) is 0 Å². The fourth-order valence-corrected chi connectivity index (χ4v) is 11.3. The second kappa shape index (κ2) is 76.0. The van der Waals surface area contributed by atoms with Gasteiger partial charge in [0.2, 0.25) is 5.91 Å². The first-order chi connectivity index (χ1) is 42.7. The van der Waals surface area contributed by atoms with Crippen LogP contribution in [0.3, 0.4) is 0 Å². The molecule has 3 N–H and O–H groups in total. The van der Waals surface area contributed by atoms with Crippen molar-refractivity contribution in [1.82, 2.24) is 5.32 Å². The fraction of sp³-hybridized carbons (Fsp3) is 0.744. The third-order valence-electron chi connectivity index (χ3n) is 16.9. The first kappa shape index (κ1) is 82.8. The molecule has 0 aromatic carbocycles. The summed E-state index contributed by atoms with van der Waals surface area (Å²) in [7, 11) is 0. The molecule has 0 fully saturated rings. The van der Waals surface area contributed by atoms with Crippen LogP contribution in [0.15, 0.2) is 122 Å². The molecule has 4 nitrogen and oxygen atoms in total. The standard InChI is InChI=1S/C82H145NO3/c1-3-5-7-9-11-13-15-17-19-21-23-25-27-29-31-33-35-37-38-39-40-41-42-43-44-46-48-50-52-54-56-58-60-62-64-66-68-70-72-74-76-78-82(86)83-80(79-84)81(85)77-75-73-71-69-67-65-63-61-59-57-55-53-51-49-47-45-36-34-32-30-28-26-24-22-20-18-16-14-12-10-8-6-4-2/h5,7,11,13,17,19,23,25,29,31,35,37,39-40,59,61,67,69,75,77,80-81,84-85H,3-4,6,8-10,12,14-16,18,20-22,24,26-28,30,32-34,36,38,41-58,60,62-66,68,70-74,76,78-79H2,1-2H3,(H,83,86)/b7-5-,13-11-,19-17-,25-23-,31-29-,37-35-,40-39-,61-59+,69-67+,77-75+. The van der Waals surface area contributed by atoms with E-state index in [2.05, 4.69) is 129 Å². The van der Waals surface area contributed by atoms with Gasteiger partial charge in [0.15, 0.2) is 0 Å². The van der Waals surface area contributed by atoms with Crippen LogP contribution in [0.5, 0.6) is 0 Å². The molecule has 496 valence electrons. The van der Waals surface area contributed by atoms with Crippen molar-refractivity contribution in [3.8, 4) is 0 Å². The lowest BCUT2D eigenvalue weighted by Crippen LogP contribution is -2.45. The third-order valence-corrected chi connectivity index (χ3v) is 16.9. The number of nitrogens with one attached hydrogen (secondary N) is 1. The molecule has 0 saturated carbocycles. The molecule has 0 spiro atoms. The van der Waals surface area contributed by atoms with E-state index in [1.54, 1.807) is 6.08 Å². The highest BCUT2D eigenvalue weighted by Gasteiger charge is 2.18. The Morgan fingerprint density at radius 3 is 0.814 bits per heavy atom. The Morgan fingerprint density at radius 1 is 0.291 bits per heavy atom. The SMILES string of the molecule is CC/C=C\C/C=C\C/C=C\C/C=C\C/C=C\C/C=C\C/C=C\CCCCCCCCCCCCCCCCCCCCCC(=O)NC(CO)C(O)/C=C/CC/C=C/CC/C=C/CCCCCCCCCCCCCCCCCCCCCCCCC. The van der Waals surface area contributed by atoms with Gasteiger partial charge in [0, 0.05) is 6.42 Å². The van der Waals surface area contributed by atoms with Gasteiger partial charge < -0.3 is 15.5 Å². The molecule has 2 atom stereocenters. The Hall–Kier alpha value is -3.21. The average Bonchev–Trinajstić information content (AvgIpc) is 3.59. The first-order valence-corrected chi connectivity index (χ1v) is 37.7. The van der Waals surface area contributed by atoms with E-state index in [4.69, 9.17) is 0 Å². The minimum atomic E-state index is -0.877. The van der Waals surface area contributed by atoms with Crippen LogP contribution in [-0.2, 0) is 4.79 Å². The molecular formula is C82H145NO3. The minimum absolute atomic E-state index is 0.0755. The summed E-state index contributed by atoms with van der Waals surface area (Å²) in [6.07, 6.45) is 116. The highest BCUT2D eigenvalue weighted by molar-refractivity contribution is 5.76. The number of unbranched alkanes of at least 4 members (excludes halogenated alkanes) is 44. The average molecular weight is 1190 g/mol. The quantitative estimate of drug-likeness (QED) is 0.0420. The monoisotopic (exact) mass is 1190 g/mol. The molecule has 0 radical (unpaired) electrons. The van der Waals surface area contributed by atoms with Gasteiger partial charge in [0.05, 0.1) is 18.8 Å². The van der Waals surface area contributed by atoms with Gasteiger partial charge in [-0.1, -0.05) is 386 Å². The molecule has 1 amide bonds. The van der Waals surface area contributed by atoms with Crippen molar-refractivity contribution in [1.29, 1.82) is 0 Å². The number of aliphatic hydroxyl groups excluding tert-OH is 2. The smallest absolute Gasteiger partial charge is 0.220 e. The molecule has 0 heterocycles. The van der Waals surface area contributed by atoms with Crippen molar-refractivity contribution in [3.05, 3.63) is 122 Å². The van der Waals surface area contributed by atoms with E-state index < -0.39 is 12.1 Å². The van der Waals surface area contributed by atoms with Gasteiger partial charge in [-0.25, -0.2) is 0 Å². The lowest BCUT2D eigenvalue weighted by molar-refractivity contribution is -0.123. The van der Waals surface area contributed by atoms with Crippen LogP contribution in [0.1, 0.15) is 373 Å². The zero-order valence-corrected chi connectivity index (χ0v) is 57.3. The molecule has 0 rings (SSSR count). The van der Waals surface area contributed by atoms with Gasteiger partial charge in [-0.15, -0.1) is 0 Å². The summed E-state index contributed by atoms with van der Waals surface area (Å²) in [5.41, 5.74) is 0. The molecule has 0 aliphatic heterocycles. The molecule has 0 saturated heterocycles. The lowest BCUT2D eigenvalue weighted by Gasteiger charge is -2.19. The van der Waals surface area contributed by atoms with Crippen molar-refractivity contribution in [2.45, 2.75) is 386 Å². The zero-order valence-electron chi connectivity index (χ0n) is 57.3. The third kappa shape index (κ3) is 71.5. The summed E-state index contributed by atoms with van der Waals surface area (Å²) >= 11 is 0. The number of rotatable bonds is 69. The Bertz CT molecular complexity index is 1640. The number of carbonyl (C=O) groups is 1. The Kier molecular flexibility index (Phi) is 73.2. The van der Waals surface area contributed by atoms with Gasteiger partial charge in [0.25, 0.3) is 0 Å². The Labute approximate surface area is 537 Å². The maximum Gasteiger partial charge on any atom is 0.220 e. The maximum atomic E-state index is 12.6. The minimum Gasteiger partial charge on any atom is -0.394 e. The fourth-order valence-electron chi connectivity index (χ4n) is 11.3. The number of aliphatic hydroxyl groups is 2. The molecule has 0 aliphatic carbocycles. The molecule has 0 aromatic rings. The Morgan fingerprint density at radius 2 is 0.523 bits per heavy atom. The highest BCUT2D eigenvalue weighted by atomic mass is 16.3. The largest absolute Gasteiger partial charge is 0.394 e. The highest BCUT2D eigenvalue weighted by Crippen LogP contribution is 2.18. The zero-order chi connectivity index (χ0) is 61.9. The summed E-state index contributed by atoms with van der Waals surface area (Å²) in [6.45, 7) is 4.21. The van der Waals surface area contributed by atoms with Gasteiger partial charge in [-0.2, -0.15) is 0 Å². The predicted molar refractivity (Wildman–Crippen MR) is 386 cm³/mol. The lowest BCUT2D eigenvalue weighted by atomic mass is 10.0. The molecule has 0 aromatic heterocycles. The van der Waals surface area contributed by atoms with Crippen LogP contribution in [0.4, 0.5) is 0 Å². The van der Waals surface area contributed by atoms with Crippen LogP contribution in [0.2, 0.25) is 0 Å². The summed E-state index contributed by atoms with van der Waals surface area (Å²) in [4.78, 5) is 12.6. The number of allylic oxidation sites excluding steroid dienone is 19. The summed E-state index contributed by atoms with van der Waals surface area (Å²) in [5, 5.41) is 23.3. The summed E-state index contributed by atoms with van der Waals surface area (Å²) in [6, 6.07) is -0.653.